The van der Waals surface area contributed by atoms with Gasteiger partial charge in [-0.25, -0.2) is 0 Å². The molecule has 9 aromatic carbocycles. The van der Waals surface area contributed by atoms with Crippen molar-refractivity contribution in [2.24, 2.45) is 0 Å². The molecular formula is C50H32O2. The highest BCUT2D eigenvalue weighted by Gasteiger charge is 2.49. The van der Waals surface area contributed by atoms with Crippen molar-refractivity contribution >= 4 is 65.2 Å². The summed E-state index contributed by atoms with van der Waals surface area (Å²) in [7, 11) is 0. The molecule has 2 heteroatoms. The Labute approximate surface area is 300 Å². The van der Waals surface area contributed by atoms with Gasteiger partial charge in [-0.05, 0) is 117 Å². The maximum Gasteiger partial charge on any atom is 0.173 e. The minimum Gasteiger partial charge on any atom is -0.384 e. The second kappa shape index (κ2) is 11.1. The number of carbonyl (C=O) groups excluding carboxylic acids is 1. The summed E-state index contributed by atoms with van der Waals surface area (Å²) in [5, 5.41) is 23.7. The standard InChI is InChI=1S/C50H32O2/c51-49-42-28-41(36-20-17-29-9-1-4-13-33(29)25-36)47(50(49)52)48-43(37-21-18-30-10-2-5-14-34(30)26-37)40-24-23-32-12-7-8-16-39(32)45(40)44(46(42)48)38-22-19-31-11-3-6-15-35(31)27-38/h1-28,42,47,50,52H. The van der Waals surface area contributed by atoms with E-state index in [4.69, 9.17) is 0 Å². The van der Waals surface area contributed by atoms with Crippen LogP contribution >= 0.6 is 0 Å². The molecule has 3 unspecified atom stereocenters. The van der Waals surface area contributed by atoms with Crippen LogP contribution in [0.1, 0.15) is 28.5 Å². The second-order valence-electron chi connectivity index (χ2n) is 14.4. The van der Waals surface area contributed by atoms with E-state index in [1.54, 1.807) is 0 Å². The van der Waals surface area contributed by atoms with Gasteiger partial charge in [0.25, 0.3) is 0 Å². The third kappa shape index (κ3) is 4.19. The van der Waals surface area contributed by atoms with Gasteiger partial charge in [0, 0.05) is 5.92 Å². The van der Waals surface area contributed by atoms with Gasteiger partial charge in [0.1, 0.15) is 6.10 Å². The molecule has 244 valence electrons. The average Bonchev–Trinajstić information content (AvgIpc) is 3.20. The minimum absolute atomic E-state index is 0.131. The van der Waals surface area contributed by atoms with E-state index in [9.17, 15) is 9.90 Å². The Morgan fingerprint density at radius 3 is 1.52 bits per heavy atom. The number of aliphatic hydroxyl groups excluding tert-OH is 1. The molecule has 0 heterocycles. The Morgan fingerprint density at radius 2 is 0.904 bits per heavy atom. The molecule has 0 radical (unpaired) electrons. The number of Topliss-reactive ketones (excluding diaryl/α,β-unsaturated/α-hetero) is 1. The molecule has 0 fully saturated rings. The van der Waals surface area contributed by atoms with Crippen LogP contribution in [-0.2, 0) is 4.79 Å². The first kappa shape index (κ1) is 29.4. The number of ketones is 1. The van der Waals surface area contributed by atoms with Crippen LogP contribution < -0.4 is 0 Å². The van der Waals surface area contributed by atoms with E-state index in [1.807, 2.05) is 0 Å². The maximum absolute atomic E-state index is 14.5. The molecule has 12 rings (SSSR count). The first-order valence-electron chi connectivity index (χ1n) is 18.0. The maximum atomic E-state index is 14.5. The number of aliphatic hydroxyl groups is 1. The van der Waals surface area contributed by atoms with E-state index >= 15 is 0 Å². The molecule has 0 saturated carbocycles. The summed E-state index contributed by atoms with van der Waals surface area (Å²) in [6.07, 6.45) is 1.00. The largest absolute Gasteiger partial charge is 0.384 e. The first-order chi connectivity index (χ1) is 25.6. The fourth-order valence-electron chi connectivity index (χ4n) is 9.31. The van der Waals surface area contributed by atoms with Gasteiger partial charge in [0.2, 0.25) is 0 Å². The van der Waals surface area contributed by atoms with Gasteiger partial charge in [0.15, 0.2) is 5.78 Å². The molecule has 3 aliphatic rings. The monoisotopic (exact) mass is 664 g/mol. The highest BCUT2D eigenvalue weighted by molar-refractivity contribution is 6.23. The Bertz CT molecular complexity index is 3020. The molecule has 3 atom stereocenters. The molecule has 1 N–H and O–H groups in total. The predicted octanol–water partition coefficient (Wildman–Crippen LogP) is 12.0. The Balaban J connectivity index is 1.32. The van der Waals surface area contributed by atoms with Crippen molar-refractivity contribution in [1.82, 2.24) is 0 Å². The van der Waals surface area contributed by atoms with Crippen LogP contribution in [0.2, 0.25) is 0 Å². The Morgan fingerprint density at radius 1 is 0.423 bits per heavy atom. The lowest BCUT2D eigenvalue weighted by atomic mass is 9.60. The van der Waals surface area contributed by atoms with Crippen molar-refractivity contribution in [2.45, 2.75) is 17.9 Å². The van der Waals surface area contributed by atoms with Crippen LogP contribution in [0.4, 0.5) is 0 Å². The summed E-state index contributed by atoms with van der Waals surface area (Å²) < 4.78 is 0. The summed E-state index contributed by atoms with van der Waals surface area (Å²) in [5.41, 5.74) is 8.49. The average molecular weight is 665 g/mol. The van der Waals surface area contributed by atoms with Crippen LogP contribution in [-0.4, -0.2) is 17.0 Å². The molecule has 0 aromatic heterocycles. The van der Waals surface area contributed by atoms with Crippen molar-refractivity contribution in [3.8, 4) is 22.3 Å². The zero-order valence-electron chi connectivity index (χ0n) is 28.3. The fourth-order valence-corrected chi connectivity index (χ4v) is 9.31. The summed E-state index contributed by atoms with van der Waals surface area (Å²) in [4.78, 5) is 14.5. The molecule has 0 saturated heterocycles. The Kier molecular flexibility index (Phi) is 6.26. The number of rotatable bonds is 3. The molecule has 3 aliphatic carbocycles. The van der Waals surface area contributed by atoms with E-state index in [0.717, 1.165) is 87.6 Å². The predicted molar refractivity (Wildman–Crippen MR) is 216 cm³/mol. The second-order valence-corrected chi connectivity index (χ2v) is 14.4. The lowest BCUT2D eigenvalue weighted by Gasteiger charge is -2.43. The van der Waals surface area contributed by atoms with Crippen LogP contribution in [0.5, 0.6) is 0 Å². The SMILES string of the molecule is O=C1C2C=C(c3ccc4ccccc4c3)C(c3c2c(-c2ccc4ccccc4c2)c2c(ccc4ccccc42)c3-c2ccc3ccccc3c2)C1O. The third-order valence-corrected chi connectivity index (χ3v) is 11.7. The molecular weight excluding hydrogens is 633 g/mol. The number of carbonyl (C=O) groups is 1. The van der Waals surface area contributed by atoms with Gasteiger partial charge in [0.05, 0.1) is 5.92 Å². The smallest absolute Gasteiger partial charge is 0.173 e. The summed E-state index contributed by atoms with van der Waals surface area (Å²) in [5.74, 6) is -1.28. The van der Waals surface area contributed by atoms with Gasteiger partial charge >= 0.3 is 0 Å². The lowest BCUT2D eigenvalue weighted by molar-refractivity contribution is -0.129. The number of hydrogen-bond acceptors (Lipinski definition) is 2. The zero-order chi connectivity index (χ0) is 34.5. The van der Waals surface area contributed by atoms with E-state index in [-0.39, 0.29) is 5.78 Å². The summed E-state index contributed by atoms with van der Waals surface area (Å²) >= 11 is 0. The van der Waals surface area contributed by atoms with Crippen LogP contribution in [0.3, 0.4) is 0 Å². The molecule has 9 aromatic rings. The highest BCUT2D eigenvalue weighted by Crippen LogP contribution is 2.59. The van der Waals surface area contributed by atoms with Gasteiger partial charge in [-0.1, -0.05) is 152 Å². The minimum atomic E-state index is -1.16. The zero-order valence-corrected chi connectivity index (χ0v) is 28.3. The van der Waals surface area contributed by atoms with Crippen molar-refractivity contribution < 1.29 is 9.90 Å². The third-order valence-electron chi connectivity index (χ3n) is 11.7. The summed E-state index contributed by atoms with van der Waals surface area (Å²) in [6, 6.07) is 58.3. The van der Waals surface area contributed by atoms with Crippen LogP contribution in [0.25, 0.3) is 81.7 Å². The number of hydrogen-bond donors (Lipinski definition) is 1. The van der Waals surface area contributed by atoms with Crippen molar-refractivity contribution in [1.29, 1.82) is 0 Å². The number of benzene rings is 9. The molecule has 2 nitrogen and oxygen atoms in total. The van der Waals surface area contributed by atoms with Gasteiger partial charge in [-0.15, -0.1) is 0 Å². The van der Waals surface area contributed by atoms with E-state index in [1.165, 1.54) is 10.8 Å². The van der Waals surface area contributed by atoms with E-state index < -0.39 is 17.9 Å². The molecule has 0 spiro atoms. The van der Waals surface area contributed by atoms with Crippen molar-refractivity contribution in [3.05, 3.63) is 187 Å². The van der Waals surface area contributed by atoms with Gasteiger partial charge in [-0.3, -0.25) is 4.79 Å². The number of fused-ring (bicyclic) bond motifs is 7. The molecule has 0 amide bonds. The Hall–Kier alpha value is -6.35. The lowest BCUT2D eigenvalue weighted by Crippen LogP contribution is -2.42. The fraction of sp³-hybridized carbons (Fsp3) is 0.0600. The van der Waals surface area contributed by atoms with Gasteiger partial charge < -0.3 is 5.11 Å². The number of allylic oxidation sites excluding steroid dienone is 1. The van der Waals surface area contributed by atoms with Crippen molar-refractivity contribution in [2.75, 3.05) is 0 Å². The van der Waals surface area contributed by atoms with Crippen molar-refractivity contribution in [3.63, 3.8) is 0 Å². The molecule has 0 aliphatic heterocycles. The normalized spacial score (nSPS) is 18.1. The van der Waals surface area contributed by atoms with Crippen LogP contribution in [0, 0.1) is 0 Å². The van der Waals surface area contributed by atoms with Crippen LogP contribution in [0.15, 0.2) is 170 Å². The van der Waals surface area contributed by atoms with E-state index in [0.29, 0.717) is 0 Å². The molecule has 2 bridgehead atoms. The first-order valence-corrected chi connectivity index (χ1v) is 18.0. The highest BCUT2D eigenvalue weighted by atomic mass is 16.3. The van der Waals surface area contributed by atoms with E-state index in [2.05, 4.69) is 170 Å². The van der Waals surface area contributed by atoms with Gasteiger partial charge in [-0.2, -0.15) is 0 Å². The quantitative estimate of drug-likeness (QED) is 0.191. The molecule has 52 heavy (non-hydrogen) atoms. The topological polar surface area (TPSA) is 37.3 Å². The summed E-state index contributed by atoms with van der Waals surface area (Å²) in [6.45, 7) is 0.